The molecule has 0 aliphatic heterocycles. The van der Waals surface area contributed by atoms with Gasteiger partial charge in [0, 0.05) is 36.9 Å². The average Bonchev–Trinajstić information content (AvgIpc) is 3.18. The van der Waals surface area contributed by atoms with Gasteiger partial charge in [-0.2, -0.15) is 31.5 Å². The first-order valence-corrected chi connectivity index (χ1v) is 9.52. The van der Waals surface area contributed by atoms with Crippen LogP contribution in [0.15, 0.2) is 52.0 Å². The lowest BCUT2D eigenvalue weighted by Gasteiger charge is -2.40. The normalized spacial score (nSPS) is 19.8. The molecule has 0 bridgehead atoms. The molecule has 1 saturated carbocycles. The summed E-state index contributed by atoms with van der Waals surface area (Å²) in [5, 5.41) is 9.29. The second kappa shape index (κ2) is 9.38. The van der Waals surface area contributed by atoms with Gasteiger partial charge < -0.3 is 14.4 Å². The zero-order valence-corrected chi connectivity index (χ0v) is 17.2. The van der Waals surface area contributed by atoms with E-state index in [0.717, 1.165) is 12.1 Å². The number of nitrogens with one attached hydrogen (secondary N) is 1. The second-order valence-corrected chi connectivity index (χ2v) is 7.31. The van der Waals surface area contributed by atoms with Gasteiger partial charge in [-0.1, -0.05) is 0 Å². The molecule has 4 rings (SSSR count). The van der Waals surface area contributed by atoms with Gasteiger partial charge in [-0.25, -0.2) is 14.2 Å². The number of alkyl halides is 7. The summed E-state index contributed by atoms with van der Waals surface area (Å²) < 4.78 is 94.8. The van der Waals surface area contributed by atoms with Gasteiger partial charge in [-0.05, 0) is 18.2 Å². The molecule has 0 amide bonds. The van der Waals surface area contributed by atoms with E-state index in [0.29, 0.717) is 17.5 Å². The third-order valence-electron chi connectivity index (χ3n) is 4.73. The Morgan fingerprint density at radius 2 is 1.74 bits per heavy atom. The summed E-state index contributed by atoms with van der Waals surface area (Å²) in [6, 6.07) is 6.33. The van der Waals surface area contributed by atoms with Gasteiger partial charge in [-0.15, -0.1) is 0 Å². The highest BCUT2D eigenvalue weighted by Crippen LogP contribution is 2.46. The second-order valence-electron chi connectivity index (χ2n) is 7.31. The molecule has 0 atom stereocenters. The van der Waals surface area contributed by atoms with E-state index in [4.69, 9.17) is 19.2 Å². The number of hydrogen-bond acceptors (Lipinski definition) is 6. The van der Waals surface area contributed by atoms with Crippen molar-refractivity contribution < 1.29 is 49.9 Å². The first kappa shape index (κ1) is 25.7. The van der Waals surface area contributed by atoms with Crippen LogP contribution in [0.5, 0.6) is 5.88 Å². The van der Waals surface area contributed by atoms with Crippen LogP contribution >= 0.6 is 0 Å². The Labute approximate surface area is 190 Å². The number of carbonyl (C=O) groups is 1. The number of nitrogens with zero attached hydrogens (tertiary/aromatic N) is 2. The van der Waals surface area contributed by atoms with Crippen LogP contribution in [0.2, 0.25) is 0 Å². The SMILES string of the molecule is O=C(O)C(F)(F)F.O=c1cc(-c2ccc(OC3CC(F)(c4ccc(C(F)(F)F)cn4)C3)nc2)o[nH]1. The number of carboxylic acids is 1. The highest BCUT2D eigenvalue weighted by molar-refractivity contribution is 5.73. The van der Waals surface area contributed by atoms with Gasteiger partial charge in [0.2, 0.25) is 5.88 Å². The summed E-state index contributed by atoms with van der Waals surface area (Å²) in [5.74, 6) is -2.18. The van der Waals surface area contributed by atoms with Crippen molar-refractivity contribution in [1.82, 2.24) is 15.1 Å². The first-order chi connectivity index (χ1) is 16.2. The van der Waals surface area contributed by atoms with Crippen LogP contribution in [-0.4, -0.2) is 38.5 Å². The van der Waals surface area contributed by atoms with E-state index in [2.05, 4.69) is 15.1 Å². The summed E-state index contributed by atoms with van der Waals surface area (Å²) in [4.78, 5) is 27.7. The van der Waals surface area contributed by atoms with E-state index >= 15 is 0 Å². The van der Waals surface area contributed by atoms with Crippen molar-refractivity contribution in [3.63, 3.8) is 0 Å². The molecule has 0 aromatic carbocycles. The van der Waals surface area contributed by atoms with Gasteiger partial charge in [0.15, 0.2) is 11.4 Å². The van der Waals surface area contributed by atoms with Crippen molar-refractivity contribution >= 4 is 5.97 Å². The van der Waals surface area contributed by atoms with Crippen molar-refractivity contribution in [2.45, 2.75) is 37.0 Å². The van der Waals surface area contributed by atoms with E-state index in [9.17, 15) is 35.5 Å². The Kier molecular flexibility index (Phi) is 6.89. The molecule has 3 heterocycles. The molecule has 0 radical (unpaired) electrons. The first-order valence-electron chi connectivity index (χ1n) is 9.52. The molecule has 1 aliphatic rings. The van der Waals surface area contributed by atoms with E-state index in [-0.39, 0.29) is 30.0 Å². The largest absolute Gasteiger partial charge is 0.490 e. The summed E-state index contributed by atoms with van der Waals surface area (Å²) >= 11 is 0. The Bertz CT molecular complexity index is 1210. The molecule has 3 aromatic rings. The zero-order valence-electron chi connectivity index (χ0n) is 17.2. The maximum atomic E-state index is 14.8. The number of carboxylic acid groups (broad SMARTS) is 1. The molecule has 188 valence electrons. The molecule has 8 nitrogen and oxygen atoms in total. The minimum absolute atomic E-state index is 0.0402. The molecule has 0 spiro atoms. The molecule has 35 heavy (non-hydrogen) atoms. The van der Waals surface area contributed by atoms with Gasteiger partial charge in [0.25, 0.3) is 5.56 Å². The number of H-pyrrole nitrogens is 1. The predicted octanol–water partition coefficient (Wildman–Crippen LogP) is 4.48. The number of ether oxygens (including phenoxy) is 1. The fourth-order valence-electron chi connectivity index (χ4n) is 2.97. The third kappa shape index (κ3) is 6.36. The third-order valence-corrected chi connectivity index (χ3v) is 4.73. The average molecular weight is 509 g/mol. The van der Waals surface area contributed by atoms with Crippen LogP contribution in [0.1, 0.15) is 24.1 Å². The van der Waals surface area contributed by atoms with E-state index < -0.39 is 35.7 Å². The fourth-order valence-corrected chi connectivity index (χ4v) is 2.97. The van der Waals surface area contributed by atoms with Crippen LogP contribution in [0.3, 0.4) is 0 Å². The number of pyridine rings is 2. The Morgan fingerprint density at radius 1 is 1.09 bits per heavy atom. The minimum atomic E-state index is -5.08. The van der Waals surface area contributed by atoms with Gasteiger partial charge in [0.05, 0.1) is 17.3 Å². The smallest absolute Gasteiger partial charge is 0.475 e. The highest BCUT2D eigenvalue weighted by Gasteiger charge is 2.49. The Balaban J connectivity index is 0.000000429. The van der Waals surface area contributed by atoms with Crippen LogP contribution in [0.4, 0.5) is 30.7 Å². The minimum Gasteiger partial charge on any atom is -0.475 e. The molecule has 0 saturated heterocycles. The van der Waals surface area contributed by atoms with E-state index in [1.165, 1.54) is 12.3 Å². The zero-order chi connectivity index (χ0) is 26.0. The van der Waals surface area contributed by atoms with Crippen LogP contribution in [-0.2, 0) is 16.6 Å². The lowest BCUT2D eigenvalue weighted by atomic mass is 9.76. The standard InChI is InChI=1S/C18H13F4N3O3.C2HF3O2/c19-17(14-3-2-11(9-23-14)18(20,21)22)6-12(7-17)27-16-4-1-10(8-24-16)13-5-15(26)25-28-13;3-2(4,5)1(6)7/h1-5,8-9,12H,6-7H2,(H,25,26);(H,6,7). The van der Waals surface area contributed by atoms with Gasteiger partial charge in [-0.3, -0.25) is 9.78 Å². The molecule has 0 unspecified atom stereocenters. The van der Waals surface area contributed by atoms with Crippen molar-refractivity contribution in [2.24, 2.45) is 0 Å². The molecule has 15 heteroatoms. The molecule has 1 fully saturated rings. The van der Waals surface area contributed by atoms with Crippen molar-refractivity contribution in [3.05, 3.63) is 64.3 Å². The number of halogens is 7. The quantitative estimate of drug-likeness (QED) is 0.498. The van der Waals surface area contributed by atoms with Gasteiger partial charge >= 0.3 is 18.3 Å². The predicted molar refractivity (Wildman–Crippen MR) is 102 cm³/mol. The van der Waals surface area contributed by atoms with Crippen molar-refractivity contribution in [3.8, 4) is 17.2 Å². The van der Waals surface area contributed by atoms with Crippen LogP contribution < -0.4 is 10.3 Å². The number of aliphatic carboxylic acids is 1. The topological polar surface area (TPSA) is 118 Å². The molecular formula is C20H14F7N3O5. The molecule has 2 N–H and O–H groups in total. The maximum Gasteiger partial charge on any atom is 0.490 e. The maximum absolute atomic E-state index is 14.8. The summed E-state index contributed by atoms with van der Waals surface area (Å²) in [6.07, 6.45) is -8.08. The van der Waals surface area contributed by atoms with Gasteiger partial charge in [0.1, 0.15) is 6.10 Å². The summed E-state index contributed by atoms with van der Waals surface area (Å²) in [7, 11) is 0. The Morgan fingerprint density at radius 3 is 2.17 bits per heavy atom. The van der Waals surface area contributed by atoms with E-state index in [1.54, 1.807) is 12.1 Å². The monoisotopic (exact) mass is 509 g/mol. The van der Waals surface area contributed by atoms with Crippen LogP contribution in [0.25, 0.3) is 11.3 Å². The number of aromatic amines is 1. The van der Waals surface area contributed by atoms with Crippen LogP contribution in [0, 0.1) is 0 Å². The van der Waals surface area contributed by atoms with Crippen molar-refractivity contribution in [2.75, 3.05) is 0 Å². The summed E-state index contributed by atoms with van der Waals surface area (Å²) in [6.45, 7) is 0. The number of rotatable bonds is 4. The Hall–Kier alpha value is -3.91. The lowest BCUT2D eigenvalue weighted by Crippen LogP contribution is -2.45. The number of aromatic nitrogens is 3. The molecular weight excluding hydrogens is 495 g/mol. The lowest BCUT2D eigenvalue weighted by molar-refractivity contribution is -0.192. The molecule has 1 aliphatic carbocycles. The number of hydrogen-bond donors (Lipinski definition) is 2. The molecule has 3 aromatic heterocycles. The highest BCUT2D eigenvalue weighted by atomic mass is 19.4. The fraction of sp³-hybridized carbons (Fsp3) is 0.300. The van der Waals surface area contributed by atoms with Crippen molar-refractivity contribution in [1.29, 1.82) is 0 Å². The van der Waals surface area contributed by atoms with E-state index in [1.807, 2.05) is 0 Å². The summed E-state index contributed by atoms with van der Waals surface area (Å²) in [5.41, 5.74) is -2.61.